The average molecular weight is 509 g/mol. The molecule has 3 atom stereocenters. The molecule has 2 aliphatic rings. The highest BCUT2D eigenvalue weighted by Gasteiger charge is 2.47. The number of carboxylic acids is 1. The van der Waals surface area contributed by atoms with E-state index in [4.69, 9.17) is 14.6 Å². The predicted octanol–water partition coefficient (Wildman–Crippen LogP) is 5.88. The van der Waals surface area contributed by atoms with E-state index in [-0.39, 0.29) is 36.3 Å². The first-order valence-corrected chi connectivity index (χ1v) is 12.8. The molecule has 0 aromatic heterocycles. The lowest BCUT2D eigenvalue weighted by atomic mass is 10.1. The van der Waals surface area contributed by atoms with E-state index in [1.165, 1.54) is 30.5 Å². The van der Waals surface area contributed by atoms with Crippen LogP contribution in [0.1, 0.15) is 86.0 Å². The van der Waals surface area contributed by atoms with E-state index < -0.39 is 17.7 Å². The van der Waals surface area contributed by atoms with Gasteiger partial charge in [-0.15, -0.1) is 0 Å². The lowest BCUT2D eigenvalue weighted by Gasteiger charge is -2.28. The van der Waals surface area contributed by atoms with Gasteiger partial charge in [-0.2, -0.15) is 0 Å². The van der Waals surface area contributed by atoms with E-state index >= 15 is 0 Å². The summed E-state index contributed by atoms with van der Waals surface area (Å²) < 4.78 is 11.0. The molecule has 8 heteroatoms. The number of nitrogens with zero attached hydrogens (tertiary/aromatic N) is 1. The van der Waals surface area contributed by atoms with Crippen LogP contribution in [0, 0.1) is 5.92 Å². The summed E-state index contributed by atoms with van der Waals surface area (Å²) in [5.41, 5.74) is 2.50. The average Bonchev–Trinajstić information content (AvgIpc) is 3.76. The summed E-state index contributed by atoms with van der Waals surface area (Å²) in [6.45, 7) is 8.39. The second-order valence-electron chi connectivity index (χ2n) is 11.1. The van der Waals surface area contributed by atoms with Crippen molar-refractivity contribution in [2.75, 3.05) is 6.54 Å². The third-order valence-electron chi connectivity index (χ3n) is 6.71. The zero-order valence-corrected chi connectivity index (χ0v) is 21.9. The van der Waals surface area contributed by atoms with Crippen molar-refractivity contribution in [1.29, 1.82) is 0 Å². The van der Waals surface area contributed by atoms with Crippen molar-refractivity contribution < 1.29 is 29.0 Å². The van der Waals surface area contributed by atoms with Crippen molar-refractivity contribution in [3.8, 4) is 0 Å². The lowest BCUT2D eigenvalue weighted by molar-refractivity contribution is 0.0220. The molecule has 2 aromatic carbocycles. The Labute approximate surface area is 217 Å². The second-order valence-corrected chi connectivity index (χ2v) is 11.1. The molecular formula is C29H36N2O6. The van der Waals surface area contributed by atoms with Crippen molar-refractivity contribution in [2.45, 2.75) is 77.2 Å². The van der Waals surface area contributed by atoms with Gasteiger partial charge in [0.15, 0.2) is 0 Å². The van der Waals surface area contributed by atoms with E-state index in [0.29, 0.717) is 5.92 Å². The van der Waals surface area contributed by atoms with Gasteiger partial charge in [0.05, 0.1) is 11.6 Å². The quantitative estimate of drug-likeness (QED) is 0.439. The van der Waals surface area contributed by atoms with Gasteiger partial charge in [0.25, 0.3) is 0 Å². The van der Waals surface area contributed by atoms with Crippen molar-refractivity contribution in [3.05, 3.63) is 70.8 Å². The smallest absolute Gasteiger partial charge is 0.410 e. The number of hydrogen-bond acceptors (Lipinski definition) is 5. The fraction of sp³-hybridized carbons (Fsp3) is 0.483. The minimum absolute atomic E-state index is 0.136. The summed E-state index contributed by atoms with van der Waals surface area (Å²) in [6, 6.07) is 14.2. The van der Waals surface area contributed by atoms with Crippen LogP contribution in [0.2, 0.25) is 0 Å². The molecule has 0 heterocycles. The van der Waals surface area contributed by atoms with Gasteiger partial charge < -0.3 is 24.8 Å². The Balaban J connectivity index is 1.26. The number of aromatic carboxylic acids is 1. The first-order valence-electron chi connectivity index (χ1n) is 12.8. The maximum absolute atomic E-state index is 12.8. The first-order chi connectivity index (χ1) is 17.5. The van der Waals surface area contributed by atoms with Crippen molar-refractivity contribution in [1.82, 2.24) is 10.2 Å². The molecule has 2 saturated carbocycles. The fourth-order valence-corrected chi connectivity index (χ4v) is 4.35. The van der Waals surface area contributed by atoms with Crippen LogP contribution >= 0.6 is 0 Å². The highest BCUT2D eigenvalue weighted by Crippen LogP contribution is 2.46. The Morgan fingerprint density at radius 2 is 1.70 bits per heavy atom. The van der Waals surface area contributed by atoms with Gasteiger partial charge in [-0.05, 0) is 81.7 Å². The summed E-state index contributed by atoms with van der Waals surface area (Å²) in [4.78, 5) is 38.0. The molecule has 0 aliphatic heterocycles. The summed E-state index contributed by atoms with van der Waals surface area (Å²) in [5.74, 6) is -0.113. The Morgan fingerprint density at radius 3 is 2.27 bits per heavy atom. The number of amides is 2. The molecule has 4 rings (SSSR count). The molecule has 2 fully saturated rings. The molecule has 2 aliphatic carbocycles. The van der Waals surface area contributed by atoms with Crippen LogP contribution in [0.3, 0.4) is 0 Å². The predicted molar refractivity (Wildman–Crippen MR) is 138 cm³/mol. The number of rotatable bonds is 9. The zero-order chi connectivity index (χ0) is 26.7. The van der Waals surface area contributed by atoms with Gasteiger partial charge in [-0.1, -0.05) is 36.4 Å². The third kappa shape index (κ3) is 7.47. The van der Waals surface area contributed by atoms with Crippen molar-refractivity contribution in [3.63, 3.8) is 0 Å². The van der Waals surface area contributed by atoms with Crippen LogP contribution in [-0.4, -0.2) is 46.3 Å². The molecule has 2 unspecified atom stereocenters. The number of hydrogen-bond donors (Lipinski definition) is 2. The topological polar surface area (TPSA) is 105 Å². The summed E-state index contributed by atoms with van der Waals surface area (Å²) >= 11 is 0. The van der Waals surface area contributed by atoms with E-state index in [2.05, 4.69) is 5.32 Å². The molecule has 0 radical (unpaired) electrons. The molecule has 37 heavy (non-hydrogen) atoms. The van der Waals surface area contributed by atoms with Gasteiger partial charge in [0.1, 0.15) is 12.2 Å². The molecule has 198 valence electrons. The van der Waals surface area contributed by atoms with Gasteiger partial charge >= 0.3 is 18.2 Å². The number of benzene rings is 2. The number of nitrogens with one attached hydrogen (secondary N) is 1. The highest BCUT2D eigenvalue weighted by molar-refractivity contribution is 5.87. The monoisotopic (exact) mass is 508 g/mol. The Morgan fingerprint density at radius 1 is 1.05 bits per heavy atom. The minimum Gasteiger partial charge on any atom is -0.478 e. The third-order valence-corrected chi connectivity index (χ3v) is 6.71. The van der Waals surface area contributed by atoms with Gasteiger partial charge in [0.2, 0.25) is 0 Å². The van der Waals surface area contributed by atoms with Crippen LogP contribution in [-0.2, 0) is 16.1 Å². The van der Waals surface area contributed by atoms with E-state index in [1.807, 2.05) is 56.9 Å². The molecule has 2 N–H and O–H groups in total. The van der Waals surface area contributed by atoms with E-state index in [0.717, 1.165) is 24.1 Å². The summed E-state index contributed by atoms with van der Waals surface area (Å²) in [5, 5.41) is 11.8. The number of carbonyl (C=O) groups is 3. The van der Waals surface area contributed by atoms with Crippen LogP contribution in [0.25, 0.3) is 0 Å². The standard InChI is InChI=1S/C29H36N2O6/c1-18(21-11-13-23(14-12-21)26(32)33)30-27(34)36-17-20-7-9-22(10-8-20)24-15-25(24)31(16-19-5-6-19)28(35)37-29(2,3)4/h7-14,18-19,24-25H,5-6,15-17H2,1-4H3,(H,30,34)(H,32,33)/t18-,24?,25?/m0/s1. The molecule has 8 nitrogen and oxygen atoms in total. The molecular weight excluding hydrogens is 472 g/mol. The lowest BCUT2D eigenvalue weighted by Crippen LogP contribution is -2.40. The van der Waals surface area contributed by atoms with E-state index in [1.54, 1.807) is 12.1 Å². The Hall–Kier alpha value is -3.55. The summed E-state index contributed by atoms with van der Waals surface area (Å²) in [7, 11) is 0. The molecule has 0 spiro atoms. The SMILES string of the molecule is C[C@H](NC(=O)OCc1ccc(C2CC2N(CC2CC2)C(=O)OC(C)(C)C)cc1)c1ccc(C(=O)O)cc1. The Kier molecular flexibility index (Phi) is 7.76. The van der Waals surface area contributed by atoms with E-state index in [9.17, 15) is 14.4 Å². The molecule has 2 amide bonds. The minimum atomic E-state index is -0.992. The van der Waals surface area contributed by atoms with Crippen LogP contribution in [0.5, 0.6) is 0 Å². The highest BCUT2D eigenvalue weighted by atomic mass is 16.6. The fourth-order valence-electron chi connectivity index (χ4n) is 4.35. The maximum Gasteiger partial charge on any atom is 0.410 e. The largest absolute Gasteiger partial charge is 0.478 e. The van der Waals surface area contributed by atoms with Crippen LogP contribution in [0.4, 0.5) is 9.59 Å². The molecule has 0 bridgehead atoms. The van der Waals surface area contributed by atoms with Gasteiger partial charge in [-0.25, -0.2) is 14.4 Å². The second kappa shape index (κ2) is 10.8. The number of carbonyl (C=O) groups excluding carboxylic acids is 2. The Bertz CT molecular complexity index is 1120. The van der Waals surface area contributed by atoms with Crippen LogP contribution in [0.15, 0.2) is 48.5 Å². The summed E-state index contributed by atoms with van der Waals surface area (Å²) in [6.07, 6.45) is 2.50. The number of carboxylic acid groups (broad SMARTS) is 1. The number of alkyl carbamates (subject to hydrolysis) is 1. The van der Waals surface area contributed by atoms with Crippen molar-refractivity contribution >= 4 is 18.2 Å². The van der Waals surface area contributed by atoms with Crippen molar-refractivity contribution in [2.24, 2.45) is 5.92 Å². The number of ether oxygens (including phenoxy) is 2. The van der Waals surface area contributed by atoms with Gasteiger partial charge in [-0.3, -0.25) is 0 Å². The first kappa shape index (κ1) is 26.5. The molecule has 2 aromatic rings. The van der Waals surface area contributed by atoms with Gasteiger partial charge in [0, 0.05) is 18.5 Å². The normalized spacial score (nSPS) is 19.5. The molecule has 0 saturated heterocycles. The maximum atomic E-state index is 12.8. The van der Waals surface area contributed by atoms with Crippen LogP contribution < -0.4 is 5.32 Å². The zero-order valence-electron chi connectivity index (χ0n) is 21.9.